The van der Waals surface area contributed by atoms with Crippen molar-refractivity contribution in [2.45, 2.75) is 0 Å². The van der Waals surface area contributed by atoms with Crippen LogP contribution in [0, 0.1) is 5.82 Å². The minimum Gasteiger partial charge on any atom is -0.457 e. The third-order valence-electron chi connectivity index (χ3n) is 3.35. The number of hydrogen-bond donors (Lipinski definition) is 0. The standard InChI is InChI=1S/C18H16FNO/c1-20(2)16-8-3-13(4-9-16)5-10-17-11-14-6-7-15(19)12-18(14)21-17/h3-12H,1-2H3/b10-5+. The van der Waals surface area contributed by atoms with E-state index in [-0.39, 0.29) is 5.82 Å². The van der Waals surface area contributed by atoms with Crippen LogP contribution in [0.1, 0.15) is 11.3 Å². The summed E-state index contributed by atoms with van der Waals surface area (Å²) in [5.74, 6) is 0.430. The molecule has 106 valence electrons. The molecule has 0 aliphatic carbocycles. The van der Waals surface area contributed by atoms with Crippen molar-refractivity contribution in [2.75, 3.05) is 19.0 Å². The minimum atomic E-state index is -0.286. The Kier molecular flexibility index (Phi) is 3.48. The molecular weight excluding hydrogens is 265 g/mol. The molecule has 0 aliphatic rings. The smallest absolute Gasteiger partial charge is 0.137 e. The molecular formula is C18H16FNO. The normalized spacial score (nSPS) is 11.4. The molecule has 3 heteroatoms. The molecule has 0 radical (unpaired) electrons. The first-order valence-electron chi connectivity index (χ1n) is 6.76. The highest BCUT2D eigenvalue weighted by Gasteiger charge is 2.02. The molecule has 0 bridgehead atoms. The molecule has 21 heavy (non-hydrogen) atoms. The predicted octanol–water partition coefficient (Wildman–Crippen LogP) is 4.81. The average molecular weight is 281 g/mol. The molecule has 0 saturated heterocycles. The number of furan rings is 1. The van der Waals surface area contributed by atoms with E-state index in [0.29, 0.717) is 11.3 Å². The van der Waals surface area contributed by atoms with Crippen LogP contribution in [0.15, 0.2) is 52.9 Å². The van der Waals surface area contributed by atoms with E-state index in [4.69, 9.17) is 4.42 Å². The first kappa shape index (κ1) is 13.4. The van der Waals surface area contributed by atoms with E-state index in [1.807, 2.05) is 44.4 Å². The molecule has 1 heterocycles. The quantitative estimate of drug-likeness (QED) is 0.685. The van der Waals surface area contributed by atoms with Crippen molar-refractivity contribution in [3.8, 4) is 0 Å². The average Bonchev–Trinajstić information content (AvgIpc) is 2.87. The van der Waals surface area contributed by atoms with E-state index in [0.717, 1.165) is 16.6 Å². The molecule has 2 aromatic carbocycles. The highest BCUT2D eigenvalue weighted by atomic mass is 19.1. The third kappa shape index (κ3) is 2.97. The summed E-state index contributed by atoms with van der Waals surface area (Å²) < 4.78 is 18.7. The van der Waals surface area contributed by atoms with Gasteiger partial charge in [0.05, 0.1) is 0 Å². The van der Waals surface area contributed by atoms with Gasteiger partial charge in [0.2, 0.25) is 0 Å². The highest BCUT2D eigenvalue weighted by Crippen LogP contribution is 2.22. The first-order chi connectivity index (χ1) is 10.1. The number of benzene rings is 2. The summed E-state index contributed by atoms with van der Waals surface area (Å²) in [5.41, 5.74) is 2.82. The summed E-state index contributed by atoms with van der Waals surface area (Å²) >= 11 is 0. The van der Waals surface area contributed by atoms with Crippen molar-refractivity contribution in [3.05, 3.63) is 65.7 Å². The van der Waals surface area contributed by atoms with Crippen LogP contribution in [0.2, 0.25) is 0 Å². The number of anilines is 1. The topological polar surface area (TPSA) is 16.4 Å². The van der Waals surface area contributed by atoms with Gasteiger partial charge in [-0.3, -0.25) is 0 Å². The molecule has 3 aromatic rings. The number of rotatable bonds is 3. The lowest BCUT2D eigenvalue weighted by Gasteiger charge is -2.11. The van der Waals surface area contributed by atoms with E-state index in [9.17, 15) is 4.39 Å². The fraction of sp³-hybridized carbons (Fsp3) is 0.111. The summed E-state index contributed by atoms with van der Waals surface area (Å²) in [6.07, 6.45) is 3.87. The Bertz CT molecular complexity index is 785. The fourth-order valence-corrected chi connectivity index (χ4v) is 2.17. The lowest BCUT2D eigenvalue weighted by Crippen LogP contribution is -2.07. The molecule has 0 aliphatic heterocycles. The summed E-state index contributed by atoms with van der Waals surface area (Å²) in [6, 6.07) is 14.7. The van der Waals surface area contributed by atoms with E-state index < -0.39 is 0 Å². The van der Waals surface area contributed by atoms with Crippen LogP contribution in [0.4, 0.5) is 10.1 Å². The molecule has 0 saturated carbocycles. The van der Waals surface area contributed by atoms with Gasteiger partial charge >= 0.3 is 0 Å². The zero-order valence-corrected chi connectivity index (χ0v) is 12.0. The van der Waals surface area contributed by atoms with Gasteiger partial charge in [0.1, 0.15) is 17.2 Å². The summed E-state index contributed by atoms with van der Waals surface area (Å²) in [6.45, 7) is 0. The predicted molar refractivity (Wildman–Crippen MR) is 85.9 cm³/mol. The van der Waals surface area contributed by atoms with Crippen LogP contribution in [0.5, 0.6) is 0 Å². The molecule has 1 aromatic heterocycles. The van der Waals surface area contributed by atoms with Crippen LogP contribution < -0.4 is 4.90 Å². The Morgan fingerprint density at radius 3 is 2.43 bits per heavy atom. The van der Waals surface area contributed by atoms with Crippen molar-refractivity contribution < 1.29 is 8.81 Å². The van der Waals surface area contributed by atoms with Crippen LogP contribution in [0.3, 0.4) is 0 Å². The van der Waals surface area contributed by atoms with Crippen molar-refractivity contribution in [1.29, 1.82) is 0 Å². The highest BCUT2D eigenvalue weighted by molar-refractivity contribution is 5.81. The SMILES string of the molecule is CN(C)c1ccc(/C=C/c2cc3ccc(F)cc3o2)cc1. The molecule has 0 unspecified atom stereocenters. The lowest BCUT2D eigenvalue weighted by atomic mass is 10.2. The number of nitrogens with zero attached hydrogens (tertiary/aromatic N) is 1. The molecule has 0 N–H and O–H groups in total. The van der Waals surface area contributed by atoms with Crippen molar-refractivity contribution in [1.82, 2.24) is 0 Å². The van der Waals surface area contributed by atoms with Gasteiger partial charge in [0.25, 0.3) is 0 Å². The largest absolute Gasteiger partial charge is 0.457 e. The zero-order valence-electron chi connectivity index (χ0n) is 12.0. The summed E-state index contributed by atoms with van der Waals surface area (Å²) in [4.78, 5) is 2.06. The first-order valence-corrected chi connectivity index (χ1v) is 6.76. The second-order valence-corrected chi connectivity index (χ2v) is 5.15. The Labute approximate surface area is 123 Å². The van der Waals surface area contributed by atoms with Gasteiger partial charge in [0.15, 0.2) is 0 Å². The van der Waals surface area contributed by atoms with Crippen molar-refractivity contribution >= 4 is 28.8 Å². The maximum absolute atomic E-state index is 13.1. The van der Waals surface area contributed by atoms with Crippen LogP contribution in [0.25, 0.3) is 23.1 Å². The number of hydrogen-bond acceptors (Lipinski definition) is 2. The van der Waals surface area contributed by atoms with Crippen molar-refractivity contribution in [2.24, 2.45) is 0 Å². The van der Waals surface area contributed by atoms with Gasteiger partial charge in [-0.15, -0.1) is 0 Å². The van der Waals surface area contributed by atoms with Crippen molar-refractivity contribution in [3.63, 3.8) is 0 Å². The number of halogens is 1. The summed E-state index contributed by atoms with van der Waals surface area (Å²) in [5, 5.41) is 0.902. The third-order valence-corrected chi connectivity index (χ3v) is 3.35. The maximum atomic E-state index is 13.1. The number of fused-ring (bicyclic) bond motifs is 1. The van der Waals surface area contributed by atoms with E-state index in [1.165, 1.54) is 12.1 Å². The minimum absolute atomic E-state index is 0.286. The monoisotopic (exact) mass is 281 g/mol. The Morgan fingerprint density at radius 2 is 1.71 bits per heavy atom. The van der Waals surface area contributed by atoms with Crippen LogP contribution >= 0.6 is 0 Å². The van der Waals surface area contributed by atoms with Gasteiger partial charge < -0.3 is 9.32 Å². The van der Waals surface area contributed by atoms with Gasteiger partial charge in [-0.1, -0.05) is 18.2 Å². The van der Waals surface area contributed by atoms with Crippen LogP contribution in [-0.2, 0) is 0 Å². The Hall–Kier alpha value is -2.55. The second kappa shape index (κ2) is 5.44. The van der Waals surface area contributed by atoms with Gasteiger partial charge in [-0.05, 0) is 42.0 Å². The molecule has 3 rings (SSSR count). The molecule has 0 spiro atoms. The molecule has 0 amide bonds. The fourth-order valence-electron chi connectivity index (χ4n) is 2.17. The summed E-state index contributed by atoms with van der Waals surface area (Å²) in [7, 11) is 4.02. The Balaban J connectivity index is 1.83. The molecule has 0 atom stereocenters. The van der Waals surface area contributed by atoms with Gasteiger partial charge in [-0.25, -0.2) is 4.39 Å². The second-order valence-electron chi connectivity index (χ2n) is 5.15. The maximum Gasteiger partial charge on any atom is 0.137 e. The molecule has 0 fully saturated rings. The van der Waals surface area contributed by atoms with E-state index in [2.05, 4.69) is 17.0 Å². The molecule has 2 nitrogen and oxygen atoms in total. The lowest BCUT2D eigenvalue weighted by molar-refractivity contribution is 0.591. The van der Waals surface area contributed by atoms with E-state index >= 15 is 0 Å². The Morgan fingerprint density at radius 1 is 0.952 bits per heavy atom. The zero-order chi connectivity index (χ0) is 14.8. The van der Waals surface area contributed by atoms with Crippen LogP contribution in [-0.4, -0.2) is 14.1 Å². The van der Waals surface area contributed by atoms with Gasteiger partial charge in [-0.2, -0.15) is 0 Å². The van der Waals surface area contributed by atoms with E-state index in [1.54, 1.807) is 6.07 Å². The van der Waals surface area contributed by atoms with Gasteiger partial charge in [0, 0.05) is 31.2 Å².